The fraction of sp³-hybridized carbons (Fsp3) is 0.160. The predicted molar refractivity (Wildman–Crippen MR) is 124 cm³/mol. The lowest BCUT2D eigenvalue weighted by atomic mass is 10.1. The number of para-hydroxylation sites is 1. The van der Waals surface area contributed by atoms with Gasteiger partial charge in [0.25, 0.3) is 0 Å². The summed E-state index contributed by atoms with van der Waals surface area (Å²) in [5, 5.41) is 9.31. The highest BCUT2D eigenvalue weighted by Gasteiger charge is 2.24. The van der Waals surface area contributed by atoms with Crippen LogP contribution in [0.2, 0.25) is 0 Å². The van der Waals surface area contributed by atoms with Crippen LogP contribution in [0.1, 0.15) is 6.42 Å². The number of carbonyl (C=O) groups is 1. The molecule has 0 aromatic heterocycles. The molecule has 3 aromatic rings. The number of carboxylic acids is 1. The molecule has 0 aliphatic rings. The lowest BCUT2D eigenvalue weighted by molar-refractivity contribution is -0.138. The van der Waals surface area contributed by atoms with Crippen molar-refractivity contribution in [1.29, 1.82) is 0 Å². The van der Waals surface area contributed by atoms with Crippen molar-refractivity contribution in [2.45, 2.75) is 17.4 Å². The third kappa shape index (κ3) is 6.92. The molecule has 0 aliphatic heterocycles. The number of methoxy groups -OCH3 is 1. The van der Waals surface area contributed by atoms with Gasteiger partial charge in [-0.3, -0.25) is 4.79 Å². The third-order valence-corrected chi connectivity index (χ3v) is 6.06. The molecule has 0 radical (unpaired) electrons. The number of sulfonamides is 1. The Morgan fingerprint density at radius 2 is 1.48 bits per heavy atom. The Hall–Kier alpha value is -3.64. The van der Waals surface area contributed by atoms with E-state index in [1.165, 1.54) is 19.2 Å². The molecule has 0 saturated carbocycles. The van der Waals surface area contributed by atoms with Crippen molar-refractivity contribution in [3.63, 3.8) is 0 Å². The maximum Gasteiger partial charge on any atom is 0.322 e. The Balaban J connectivity index is 1.69. The van der Waals surface area contributed by atoms with Crippen LogP contribution in [-0.2, 0) is 19.6 Å². The SMILES string of the molecule is COCC#CCC(NS(=O)(=O)c1ccc(-c2ccc(Oc3ccccc3)cc2)cc1)C(=O)O. The maximum absolute atomic E-state index is 12.6. The third-order valence-electron chi connectivity index (χ3n) is 4.57. The molecule has 0 aliphatic carbocycles. The van der Waals surface area contributed by atoms with Crippen molar-refractivity contribution in [3.8, 4) is 34.5 Å². The molecule has 8 heteroatoms. The van der Waals surface area contributed by atoms with Crippen LogP contribution in [0.5, 0.6) is 11.5 Å². The standard InChI is InChI=1S/C25H23NO6S/c1-31-18-6-5-9-24(25(27)28)26-33(29,30)23-16-12-20(13-17-23)19-10-14-22(15-11-19)32-21-7-3-2-4-8-21/h2-4,7-8,10-17,24,26H,9,18H2,1H3,(H,27,28). The first kappa shape index (κ1) is 24.0. The molecule has 1 unspecified atom stereocenters. The number of rotatable bonds is 9. The summed E-state index contributed by atoms with van der Waals surface area (Å²) in [6.07, 6.45) is -0.173. The smallest absolute Gasteiger partial charge is 0.322 e. The highest BCUT2D eigenvalue weighted by molar-refractivity contribution is 7.89. The highest BCUT2D eigenvalue weighted by Crippen LogP contribution is 2.26. The van der Waals surface area contributed by atoms with Crippen LogP contribution in [0.3, 0.4) is 0 Å². The first-order chi connectivity index (χ1) is 15.9. The normalized spacial score (nSPS) is 11.8. The van der Waals surface area contributed by atoms with Crippen LogP contribution in [0.15, 0.2) is 83.8 Å². The lowest BCUT2D eigenvalue weighted by Crippen LogP contribution is -2.40. The summed E-state index contributed by atoms with van der Waals surface area (Å²) in [4.78, 5) is 11.4. The van der Waals surface area contributed by atoms with Gasteiger partial charge in [0.2, 0.25) is 10.0 Å². The van der Waals surface area contributed by atoms with E-state index in [9.17, 15) is 18.3 Å². The summed E-state index contributed by atoms with van der Waals surface area (Å²) in [5.74, 6) is 5.32. The van der Waals surface area contributed by atoms with Crippen LogP contribution in [0, 0.1) is 11.8 Å². The topological polar surface area (TPSA) is 102 Å². The van der Waals surface area contributed by atoms with E-state index in [2.05, 4.69) is 16.6 Å². The van der Waals surface area contributed by atoms with Crippen LogP contribution >= 0.6 is 0 Å². The molecule has 0 fully saturated rings. The molecular weight excluding hydrogens is 442 g/mol. The van der Waals surface area contributed by atoms with Gasteiger partial charge in [-0.15, -0.1) is 0 Å². The minimum absolute atomic E-state index is 0.0358. The first-order valence-electron chi connectivity index (χ1n) is 10.0. The molecule has 3 aromatic carbocycles. The number of benzene rings is 3. The molecule has 3 rings (SSSR count). The summed E-state index contributed by atoms with van der Waals surface area (Å²) < 4.78 is 38.0. The lowest BCUT2D eigenvalue weighted by Gasteiger charge is -2.13. The zero-order chi connectivity index (χ0) is 23.7. The summed E-state index contributed by atoms with van der Waals surface area (Å²) >= 11 is 0. The Bertz CT molecular complexity index is 1230. The van der Waals surface area contributed by atoms with Gasteiger partial charge in [-0.25, -0.2) is 8.42 Å². The second-order valence-corrected chi connectivity index (χ2v) is 8.68. The van der Waals surface area contributed by atoms with E-state index < -0.39 is 22.0 Å². The number of nitrogens with one attached hydrogen (secondary N) is 1. The largest absolute Gasteiger partial charge is 0.480 e. The monoisotopic (exact) mass is 465 g/mol. The average molecular weight is 466 g/mol. The van der Waals surface area contributed by atoms with Gasteiger partial charge in [-0.1, -0.05) is 54.3 Å². The Morgan fingerprint density at radius 1 is 0.909 bits per heavy atom. The molecule has 0 amide bonds. The number of hydrogen-bond donors (Lipinski definition) is 2. The summed E-state index contributed by atoms with van der Waals surface area (Å²) in [6, 6.07) is 21.7. The van der Waals surface area contributed by atoms with E-state index in [4.69, 9.17) is 9.47 Å². The van der Waals surface area contributed by atoms with E-state index in [-0.39, 0.29) is 17.9 Å². The zero-order valence-corrected chi connectivity index (χ0v) is 18.7. The summed E-state index contributed by atoms with van der Waals surface area (Å²) in [5.41, 5.74) is 1.68. The maximum atomic E-state index is 12.6. The molecule has 170 valence electrons. The van der Waals surface area contributed by atoms with Crippen LogP contribution in [0.25, 0.3) is 11.1 Å². The molecular formula is C25H23NO6S. The van der Waals surface area contributed by atoms with Gasteiger partial charge in [-0.2, -0.15) is 4.72 Å². The van der Waals surface area contributed by atoms with Gasteiger partial charge in [-0.05, 0) is 47.5 Å². The Kier molecular flexibility index (Phi) is 8.22. The number of aliphatic carboxylic acids is 1. The second kappa shape index (κ2) is 11.3. The molecule has 0 bridgehead atoms. The second-order valence-electron chi connectivity index (χ2n) is 6.97. The van der Waals surface area contributed by atoms with Crippen LogP contribution in [-0.4, -0.2) is 39.3 Å². The first-order valence-corrected chi connectivity index (χ1v) is 11.5. The molecule has 0 saturated heterocycles. The van der Waals surface area contributed by atoms with Gasteiger partial charge >= 0.3 is 5.97 Å². The van der Waals surface area contributed by atoms with E-state index in [1.54, 1.807) is 12.1 Å². The van der Waals surface area contributed by atoms with Crippen LogP contribution in [0.4, 0.5) is 0 Å². The molecule has 33 heavy (non-hydrogen) atoms. The van der Waals surface area contributed by atoms with Crippen LogP contribution < -0.4 is 9.46 Å². The zero-order valence-electron chi connectivity index (χ0n) is 17.9. The van der Waals surface area contributed by atoms with E-state index >= 15 is 0 Å². The number of carboxylic acid groups (broad SMARTS) is 1. The average Bonchev–Trinajstić information content (AvgIpc) is 2.82. The number of hydrogen-bond acceptors (Lipinski definition) is 5. The molecule has 0 heterocycles. The Labute approximate surface area is 193 Å². The molecule has 1 atom stereocenters. The highest BCUT2D eigenvalue weighted by atomic mass is 32.2. The summed E-state index contributed by atoms with van der Waals surface area (Å²) in [6.45, 7) is 0.139. The van der Waals surface area contributed by atoms with Crippen molar-refractivity contribution in [1.82, 2.24) is 4.72 Å². The van der Waals surface area contributed by atoms with E-state index in [0.717, 1.165) is 16.9 Å². The molecule has 0 spiro atoms. The minimum Gasteiger partial charge on any atom is -0.480 e. The minimum atomic E-state index is -4.04. The van der Waals surface area contributed by atoms with Crippen molar-refractivity contribution < 1.29 is 27.8 Å². The van der Waals surface area contributed by atoms with Crippen molar-refractivity contribution >= 4 is 16.0 Å². The van der Waals surface area contributed by atoms with E-state index in [0.29, 0.717) is 5.75 Å². The fourth-order valence-electron chi connectivity index (χ4n) is 2.90. The van der Waals surface area contributed by atoms with Gasteiger partial charge in [0.15, 0.2) is 0 Å². The van der Waals surface area contributed by atoms with Gasteiger partial charge in [0, 0.05) is 13.5 Å². The van der Waals surface area contributed by atoms with E-state index in [1.807, 2.05) is 54.6 Å². The molecule has 7 nitrogen and oxygen atoms in total. The van der Waals surface area contributed by atoms with Gasteiger partial charge < -0.3 is 14.6 Å². The van der Waals surface area contributed by atoms with Crippen molar-refractivity contribution in [2.24, 2.45) is 0 Å². The molecule has 2 N–H and O–H groups in total. The van der Waals surface area contributed by atoms with Gasteiger partial charge in [0.1, 0.15) is 24.1 Å². The van der Waals surface area contributed by atoms with Gasteiger partial charge in [0.05, 0.1) is 4.90 Å². The predicted octanol–water partition coefficient (Wildman–Crippen LogP) is 3.92. The Morgan fingerprint density at radius 3 is 2.06 bits per heavy atom. The van der Waals surface area contributed by atoms with Crippen molar-refractivity contribution in [2.75, 3.05) is 13.7 Å². The van der Waals surface area contributed by atoms with Crippen molar-refractivity contribution in [3.05, 3.63) is 78.9 Å². The quantitative estimate of drug-likeness (QED) is 0.465. The fourth-order valence-corrected chi connectivity index (χ4v) is 4.09. The summed E-state index contributed by atoms with van der Waals surface area (Å²) in [7, 11) is -2.58. The number of ether oxygens (including phenoxy) is 2.